The highest BCUT2D eigenvalue weighted by atomic mass is 16.7. The fraction of sp³-hybridized carbons (Fsp3) is 0.400. The highest BCUT2D eigenvalue weighted by Crippen LogP contribution is 2.24. The van der Waals surface area contributed by atoms with Crippen molar-refractivity contribution >= 4 is 0 Å². The predicted molar refractivity (Wildman–Crippen MR) is 47.6 cm³/mol. The average Bonchev–Trinajstić information content (AvgIpc) is 2.15. The number of phenolic OH excluding ortho intramolecular Hbond substituents is 1. The standard InChI is InChI=1S/C10H12O3/c1-7-6-12-10(7)13-9-4-2-8(11)3-5-9/h2-5,7,10-11H,6H2,1H3. The summed E-state index contributed by atoms with van der Waals surface area (Å²) in [5, 5.41) is 9.03. The third-order valence-corrected chi connectivity index (χ3v) is 2.08. The van der Waals surface area contributed by atoms with E-state index in [1.54, 1.807) is 24.3 Å². The van der Waals surface area contributed by atoms with E-state index < -0.39 is 0 Å². The van der Waals surface area contributed by atoms with Crippen LogP contribution in [0.15, 0.2) is 24.3 Å². The van der Waals surface area contributed by atoms with E-state index in [0.717, 1.165) is 12.4 Å². The van der Waals surface area contributed by atoms with Gasteiger partial charge in [-0.05, 0) is 24.3 Å². The smallest absolute Gasteiger partial charge is 0.204 e. The van der Waals surface area contributed by atoms with Crippen LogP contribution in [0.3, 0.4) is 0 Å². The molecule has 0 radical (unpaired) electrons. The molecule has 2 rings (SSSR count). The third-order valence-electron chi connectivity index (χ3n) is 2.08. The van der Waals surface area contributed by atoms with E-state index in [1.807, 2.05) is 0 Å². The summed E-state index contributed by atoms with van der Waals surface area (Å²) in [6, 6.07) is 6.64. The molecule has 0 aliphatic carbocycles. The molecule has 1 aromatic carbocycles. The van der Waals surface area contributed by atoms with Crippen molar-refractivity contribution in [2.45, 2.75) is 13.2 Å². The first-order valence-corrected chi connectivity index (χ1v) is 4.33. The van der Waals surface area contributed by atoms with Crippen LogP contribution in [0.5, 0.6) is 11.5 Å². The molecule has 1 aliphatic heterocycles. The van der Waals surface area contributed by atoms with Crippen LogP contribution in [0.4, 0.5) is 0 Å². The lowest BCUT2D eigenvalue weighted by Crippen LogP contribution is -2.41. The molecule has 13 heavy (non-hydrogen) atoms. The number of phenols is 1. The molecule has 0 amide bonds. The Bertz CT molecular complexity index is 281. The topological polar surface area (TPSA) is 38.7 Å². The van der Waals surface area contributed by atoms with Gasteiger partial charge in [0, 0.05) is 5.92 Å². The van der Waals surface area contributed by atoms with Gasteiger partial charge in [-0.2, -0.15) is 0 Å². The lowest BCUT2D eigenvalue weighted by atomic mass is 10.1. The van der Waals surface area contributed by atoms with Gasteiger partial charge in [0.05, 0.1) is 6.61 Å². The van der Waals surface area contributed by atoms with Crippen LogP contribution >= 0.6 is 0 Å². The van der Waals surface area contributed by atoms with E-state index in [4.69, 9.17) is 14.6 Å². The van der Waals surface area contributed by atoms with Crippen LogP contribution in [0, 0.1) is 5.92 Å². The molecule has 2 unspecified atom stereocenters. The van der Waals surface area contributed by atoms with Gasteiger partial charge < -0.3 is 14.6 Å². The quantitative estimate of drug-likeness (QED) is 0.753. The van der Waals surface area contributed by atoms with Gasteiger partial charge >= 0.3 is 0 Å². The minimum Gasteiger partial charge on any atom is -0.508 e. The first-order valence-electron chi connectivity index (χ1n) is 4.33. The van der Waals surface area contributed by atoms with Gasteiger partial charge in [-0.1, -0.05) is 6.92 Å². The largest absolute Gasteiger partial charge is 0.508 e. The Balaban J connectivity index is 1.98. The zero-order valence-electron chi connectivity index (χ0n) is 7.43. The Kier molecular flexibility index (Phi) is 2.10. The van der Waals surface area contributed by atoms with Crippen molar-refractivity contribution in [3.8, 4) is 11.5 Å². The second-order valence-corrected chi connectivity index (χ2v) is 3.29. The van der Waals surface area contributed by atoms with Crippen molar-refractivity contribution in [3.05, 3.63) is 24.3 Å². The van der Waals surface area contributed by atoms with Crippen molar-refractivity contribution in [2.75, 3.05) is 6.61 Å². The van der Waals surface area contributed by atoms with E-state index in [-0.39, 0.29) is 12.0 Å². The van der Waals surface area contributed by atoms with E-state index in [0.29, 0.717) is 5.92 Å². The van der Waals surface area contributed by atoms with Gasteiger partial charge in [-0.25, -0.2) is 0 Å². The third kappa shape index (κ3) is 1.75. The molecule has 1 aromatic rings. The number of rotatable bonds is 2. The minimum absolute atomic E-state index is 0.121. The van der Waals surface area contributed by atoms with Crippen LogP contribution in [0.25, 0.3) is 0 Å². The lowest BCUT2D eigenvalue weighted by Gasteiger charge is -2.33. The molecule has 70 valence electrons. The number of hydrogen-bond donors (Lipinski definition) is 1. The maximum absolute atomic E-state index is 9.03. The number of ether oxygens (including phenoxy) is 2. The molecule has 0 aromatic heterocycles. The Morgan fingerprint density at radius 1 is 1.38 bits per heavy atom. The van der Waals surface area contributed by atoms with Crippen molar-refractivity contribution in [2.24, 2.45) is 5.92 Å². The molecule has 0 saturated carbocycles. The molecule has 1 heterocycles. The first-order chi connectivity index (χ1) is 6.25. The van der Waals surface area contributed by atoms with Crippen molar-refractivity contribution in [3.63, 3.8) is 0 Å². The Morgan fingerprint density at radius 2 is 2.08 bits per heavy atom. The summed E-state index contributed by atoms with van der Waals surface area (Å²) in [5.41, 5.74) is 0. The average molecular weight is 180 g/mol. The molecule has 3 nitrogen and oxygen atoms in total. The molecule has 0 spiro atoms. The van der Waals surface area contributed by atoms with Gasteiger partial charge in [0.15, 0.2) is 0 Å². The molecule has 3 heteroatoms. The van der Waals surface area contributed by atoms with E-state index in [2.05, 4.69) is 6.92 Å². The molecule has 1 saturated heterocycles. The summed E-state index contributed by atoms with van der Waals surface area (Å²) >= 11 is 0. The fourth-order valence-electron chi connectivity index (χ4n) is 1.18. The number of benzene rings is 1. The second kappa shape index (κ2) is 3.26. The molecule has 1 N–H and O–H groups in total. The predicted octanol–water partition coefficient (Wildman–Crippen LogP) is 1.76. The van der Waals surface area contributed by atoms with Gasteiger partial charge in [0.1, 0.15) is 11.5 Å². The summed E-state index contributed by atoms with van der Waals surface area (Å²) in [6.45, 7) is 2.84. The van der Waals surface area contributed by atoms with E-state index in [9.17, 15) is 0 Å². The molecule has 0 bridgehead atoms. The van der Waals surface area contributed by atoms with Crippen LogP contribution < -0.4 is 4.74 Å². The van der Waals surface area contributed by atoms with Crippen LogP contribution in [-0.4, -0.2) is 18.0 Å². The summed E-state index contributed by atoms with van der Waals surface area (Å²) in [5.74, 6) is 1.43. The molecule has 2 atom stereocenters. The molecule has 1 aliphatic rings. The van der Waals surface area contributed by atoms with Gasteiger partial charge in [-0.15, -0.1) is 0 Å². The SMILES string of the molecule is CC1COC1Oc1ccc(O)cc1. The Hall–Kier alpha value is -1.22. The molecular formula is C10H12O3. The van der Waals surface area contributed by atoms with E-state index in [1.165, 1.54) is 0 Å². The zero-order valence-corrected chi connectivity index (χ0v) is 7.43. The fourth-order valence-corrected chi connectivity index (χ4v) is 1.18. The van der Waals surface area contributed by atoms with Crippen molar-refractivity contribution in [1.82, 2.24) is 0 Å². The Morgan fingerprint density at radius 3 is 2.54 bits per heavy atom. The number of aromatic hydroxyl groups is 1. The molecular weight excluding hydrogens is 168 g/mol. The first kappa shape index (κ1) is 8.38. The van der Waals surface area contributed by atoms with Crippen molar-refractivity contribution < 1.29 is 14.6 Å². The second-order valence-electron chi connectivity index (χ2n) is 3.29. The van der Waals surface area contributed by atoms with Crippen LogP contribution in [-0.2, 0) is 4.74 Å². The van der Waals surface area contributed by atoms with Gasteiger partial charge in [0.2, 0.25) is 6.29 Å². The summed E-state index contributed by atoms with van der Waals surface area (Å²) in [7, 11) is 0. The summed E-state index contributed by atoms with van der Waals surface area (Å²) in [4.78, 5) is 0. The maximum Gasteiger partial charge on any atom is 0.204 e. The zero-order chi connectivity index (χ0) is 9.26. The van der Waals surface area contributed by atoms with Gasteiger partial charge in [0.25, 0.3) is 0 Å². The van der Waals surface area contributed by atoms with Crippen LogP contribution in [0.2, 0.25) is 0 Å². The van der Waals surface area contributed by atoms with Crippen LogP contribution in [0.1, 0.15) is 6.92 Å². The van der Waals surface area contributed by atoms with Crippen molar-refractivity contribution in [1.29, 1.82) is 0 Å². The lowest BCUT2D eigenvalue weighted by molar-refractivity contribution is -0.209. The normalized spacial score (nSPS) is 26.5. The monoisotopic (exact) mass is 180 g/mol. The Labute approximate surface area is 76.9 Å². The minimum atomic E-state index is -0.121. The summed E-state index contributed by atoms with van der Waals surface area (Å²) in [6.07, 6.45) is -0.121. The maximum atomic E-state index is 9.03. The summed E-state index contributed by atoms with van der Waals surface area (Å²) < 4.78 is 10.7. The highest BCUT2D eigenvalue weighted by Gasteiger charge is 2.29. The molecule has 1 fully saturated rings. The number of hydrogen-bond acceptors (Lipinski definition) is 3. The van der Waals surface area contributed by atoms with Gasteiger partial charge in [-0.3, -0.25) is 0 Å². The van der Waals surface area contributed by atoms with E-state index >= 15 is 0 Å². The highest BCUT2D eigenvalue weighted by molar-refractivity contribution is 5.30.